The average molecular weight is 322 g/mol. The summed E-state index contributed by atoms with van der Waals surface area (Å²) < 4.78 is 64.4. The monoisotopic (exact) mass is 321 g/mol. The van der Waals surface area contributed by atoms with E-state index in [1.165, 1.54) is 0 Å². The van der Waals surface area contributed by atoms with Gasteiger partial charge in [0.15, 0.2) is 0 Å². The zero-order valence-corrected chi connectivity index (χ0v) is 11.1. The summed E-state index contributed by atoms with van der Waals surface area (Å²) in [5.74, 6) is -1.68. The molecule has 0 radical (unpaired) electrons. The molecule has 7 heteroatoms. The third-order valence-corrected chi connectivity index (χ3v) is 3.26. The highest BCUT2D eigenvalue weighted by Gasteiger charge is 2.30. The second-order valence-electron chi connectivity index (χ2n) is 4.39. The van der Waals surface area contributed by atoms with Crippen LogP contribution in [0.5, 0.6) is 0 Å². The Hall–Kier alpha value is -1.66. The third-order valence-electron chi connectivity index (χ3n) is 2.97. The molecule has 0 amide bonds. The maximum Gasteiger partial charge on any atom is 0.416 e. The molecule has 2 aromatic rings. The van der Waals surface area contributed by atoms with E-state index in [9.17, 15) is 22.0 Å². The van der Waals surface area contributed by atoms with Gasteiger partial charge < -0.3 is 5.73 Å². The lowest BCUT2D eigenvalue weighted by Crippen LogP contribution is -2.15. The van der Waals surface area contributed by atoms with Gasteiger partial charge in [0, 0.05) is 5.56 Å². The molecule has 0 aliphatic carbocycles. The van der Waals surface area contributed by atoms with E-state index in [1.54, 1.807) is 0 Å². The molecular weight excluding hydrogens is 313 g/mol. The van der Waals surface area contributed by atoms with E-state index >= 15 is 0 Å². The van der Waals surface area contributed by atoms with Gasteiger partial charge in [-0.25, -0.2) is 8.78 Å². The van der Waals surface area contributed by atoms with E-state index < -0.39 is 34.4 Å². The lowest BCUT2D eigenvalue weighted by Gasteiger charge is -2.15. The highest BCUT2D eigenvalue weighted by Crippen LogP contribution is 2.31. The minimum absolute atomic E-state index is 0.184. The Morgan fingerprint density at radius 2 is 1.52 bits per heavy atom. The lowest BCUT2D eigenvalue weighted by molar-refractivity contribution is -0.137. The largest absolute Gasteiger partial charge is 0.416 e. The second-order valence-corrected chi connectivity index (χ2v) is 4.79. The van der Waals surface area contributed by atoms with Crippen molar-refractivity contribution in [1.82, 2.24) is 0 Å². The number of benzene rings is 2. The van der Waals surface area contributed by atoms with E-state index in [0.29, 0.717) is 0 Å². The summed E-state index contributed by atoms with van der Waals surface area (Å²) in [7, 11) is 0. The third kappa shape index (κ3) is 3.33. The molecule has 1 unspecified atom stereocenters. The maximum atomic E-state index is 13.7. The van der Waals surface area contributed by atoms with Crippen molar-refractivity contribution in [2.24, 2.45) is 5.73 Å². The van der Waals surface area contributed by atoms with Crippen molar-refractivity contribution >= 4 is 11.6 Å². The van der Waals surface area contributed by atoms with Gasteiger partial charge in [-0.15, -0.1) is 0 Å². The van der Waals surface area contributed by atoms with E-state index in [4.69, 9.17) is 17.3 Å². The number of hydrogen-bond acceptors (Lipinski definition) is 1. The van der Waals surface area contributed by atoms with Crippen LogP contribution in [0.2, 0.25) is 5.02 Å². The molecule has 2 rings (SSSR count). The lowest BCUT2D eigenvalue weighted by atomic mass is 9.98. The Bertz CT molecular complexity index is 652. The van der Waals surface area contributed by atoms with Crippen molar-refractivity contribution in [3.8, 4) is 0 Å². The number of nitrogens with two attached hydrogens (primary N) is 1. The second kappa shape index (κ2) is 5.61. The summed E-state index contributed by atoms with van der Waals surface area (Å²) >= 11 is 5.43. The Kier molecular flexibility index (Phi) is 4.20. The van der Waals surface area contributed by atoms with Crippen molar-refractivity contribution < 1.29 is 22.0 Å². The standard InChI is InChI=1S/C14H9ClF5N/c15-10-6-11(16)9(5-12(10)17)13(21)7-1-3-8(4-2-7)14(18,19)20/h1-6,13H,21H2. The highest BCUT2D eigenvalue weighted by molar-refractivity contribution is 6.30. The van der Waals surface area contributed by atoms with Crippen molar-refractivity contribution in [3.05, 3.63) is 69.7 Å². The van der Waals surface area contributed by atoms with Crippen molar-refractivity contribution in [3.63, 3.8) is 0 Å². The van der Waals surface area contributed by atoms with Gasteiger partial charge in [0.2, 0.25) is 0 Å². The first-order valence-corrected chi connectivity index (χ1v) is 6.15. The Morgan fingerprint density at radius 1 is 0.952 bits per heavy atom. The molecule has 0 fully saturated rings. The summed E-state index contributed by atoms with van der Waals surface area (Å²) in [5, 5.41) is -0.393. The zero-order chi connectivity index (χ0) is 15.8. The minimum Gasteiger partial charge on any atom is -0.320 e. The van der Waals surface area contributed by atoms with E-state index in [0.717, 1.165) is 36.4 Å². The smallest absolute Gasteiger partial charge is 0.320 e. The Labute approximate surface area is 122 Å². The van der Waals surface area contributed by atoms with Crippen molar-refractivity contribution in [1.29, 1.82) is 0 Å². The first-order chi connectivity index (χ1) is 9.70. The van der Waals surface area contributed by atoms with Crippen molar-refractivity contribution in [2.45, 2.75) is 12.2 Å². The maximum absolute atomic E-state index is 13.7. The van der Waals surface area contributed by atoms with Crippen LogP contribution in [0.1, 0.15) is 22.7 Å². The van der Waals surface area contributed by atoms with E-state index in [2.05, 4.69) is 0 Å². The topological polar surface area (TPSA) is 26.0 Å². The van der Waals surface area contributed by atoms with Gasteiger partial charge in [-0.05, 0) is 29.8 Å². The first kappa shape index (κ1) is 15.7. The van der Waals surface area contributed by atoms with Crippen LogP contribution in [0.3, 0.4) is 0 Å². The Morgan fingerprint density at radius 3 is 2.05 bits per heavy atom. The summed E-state index contributed by atoms with van der Waals surface area (Å²) in [4.78, 5) is 0. The summed E-state index contributed by atoms with van der Waals surface area (Å²) in [6.45, 7) is 0. The van der Waals surface area contributed by atoms with Crippen LogP contribution in [0.25, 0.3) is 0 Å². The van der Waals surface area contributed by atoms with Crippen LogP contribution in [-0.4, -0.2) is 0 Å². The van der Waals surface area contributed by atoms with Crippen LogP contribution in [0.15, 0.2) is 36.4 Å². The minimum atomic E-state index is -4.47. The fourth-order valence-electron chi connectivity index (χ4n) is 1.84. The highest BCUT2D eigenvalue weighted by atomic mass is 35.5. The predicted octanol–water partition coefficient (Wildman–Crippen LogP) is 4.69. The van der Waals surface area contributed by atoms with Crippen molar-refractivity contribution in [2.75, 3.05) is 0 Å². The van der Waals surface area contributed by atoms with Gasteiger partial charge in [0.25, 0.3) is 0 Å². The average Bonchev–Trinajstić information content (AvgIpc) is 2.41. The predicted molar refractivity (Wildman–Crippen MR) is 68.8 cm³/mol. The molecule has 0 aromatic heterocycles. The van der Waals surface area contributed by atoms with E-state index in [1.807, 2.05) is 0 Å². The molecule has 2 aromatic carbocycles. The number of alkyl halides is 3. The molecule has 0 aliphatic heterocycles. The molecule has 0 heterocycles. The SMILES string of the molecule is NC(c1ccc(C(F)(F)F)cc1)c1cc(F)c(Cl)cc1F. The molecule has 0 saturated carbocycles. The van der Waals surface area contributed by atoms with Gasteiger partial charge >= 0.3 is 6.18 Å². The molecular formula is C14H9ClF5N. The fourth-order valence-corrected chi connectivity index (χ4v) is 1.99. The van der Waals surface area contributed by atoms with Gasteiger partial charge in [-0.3, -0.25) is 0 Å². The number of halogens is 6. The van der Waals surface area contributed by atoms with Crippen LogP contribution < -0.4 is 5.73 Å². The van der Waals surface area contributed by atoms with Gasteiger partial charge in [-0.1, -0.05) is 23.7 Å². The molecule has 0 spiro atoms. The molecule has 2 N–H and O–H groups in total. The van der Waals surface area contributed by atoms with Crippen LogP contribution in [0.4, 0.5) is 22.0 Å². The molecule has 1 nitrogen and oxygen atoms in total. The summed E-state index contributed by atoms with van der Waals surface area (Å²) in [6, 6.07) is 4.42. The van der Waals surface area contributed by atoms with E-state index in [-0.39, 0.29) is 11.1 Å². The molecule has 0 aliphatic rings. The van der Waals surface area contributed by atoms with Gasteiger partial charge in [0.1, 0.15) is 11.6 Å². The summed E-state index contributed by atoms with van der Waals surface area (Å²) in [6.07, 6.45) is -4.47. The van der Waals surface area contributed by atoms with Gasteiger partial charge in [0.05, 0.1) is 16.6 Å². The molecule has 0 bridgehead atoms. The molecule has 1 atom stereocenters. The normalized spacial score (nSPS) is 13.3. The number of rotatable bonds is 2. The number of hydrogen-bond donors (Lipinski definition) is 1. The molecule has 21 heavy (non-hydrogen) atoms. The molecule has 0 saturated heterocycles. The zero-order valence-electron chi connectivity index (χ0n) is 10.4. The van der Waals surface area contributed by atoms with Gasteiger partial charge in [-0.2, -0.15) is 13.2 Å². The first-order valence-electron chi connectivity index (χ1n) is 5.77. The van der Waals surface area contributed by atoms with Crippen LogP contribution >= 0.6 is 11.6 Å². The summed E-state index contributed by atoms with van der Waals surface area (Å²) in [5.41, 5.74) is 4.96. The fraction of sp³-hybridized carbons (Fsp3) is 0.143. The van der Waals surface area contributed by atoms with Crippen LogP contribution in [-0.2, 0) is 6.18 Å². The molecule has 112 valence electrons. The Balaban J connectivity index is 2.36. The quantitative estimate of drug-likeness (QED) is 0.630. The van der Waals surface area contributed by atoms with Crippen LogP contribution in [0, 0.1) is 11.6 Å².